The van der Waals surface area contributed by atoms with Crippen molar-refractivity contribution in [3.63, 3.8) is 0 Å². The third kappa shape index (κ3) is 2.55. The van der Waals surface area contributed by atoms with E-state index in [2.05, 4.69) is 21.4 Å². The van der Waals surface area contributed by atoms with Gasteiger partial charge in [0.2, 0.25) is 0 Å². The topological polar surface area (TPSA) is 38.0 Å². The predicted molar refractivity (Wildman–Crippen MR) is 67.5 cm³/mol. The molecular formula is C11H9BrF2N2S. The first-order chi connectivity index (χ1) is 8.13. The molecule has 1 unspecified atom stereocenters. The Bertz CT molecular complexity index is 493. The summed E-state index contributed by atoms with van der Waals surface area (Å²) in [6.45, 7) is 0. The van der Waals surface area contributed by atoms with Crippen molar-refractivity contribution in [2.45, 2.75) is 6.04 Å². The van der Waals surface area contributed by atoms with Gasteiger partial charge in [-0.3, -0.25) is 5.84 Å². The van der Waals surface area contributed by atoms with Crippen LogP contribution in [0.2, 0.25) is 0 Å². The first-order valence-corrected chi connectivity index (χ1v) is 6.44. The average Bonchev–Trinajstić information content (AvgIpc) is 2.76. The maximum atomic E-state index is 13.8. The largest absolute Gasteiger partial charge is 0.271 e. The van der Waals surface area contributed by atoms with E-state index in [1.807, 2.05) is 5.38 Å². The molecule has 0 amide bonds. The van der Waals surface area contributed by atoms with Gasteiger partial charge in [0.05, 0.1) is 6.04 Å². The summed E-state index contributed by atoms with van der Waals surface area (Å²) in [4.78, 5) is 0.757. The van der Waals surface area contributed by atoms with Gasteiger partial charge in [0.1, 0.15) is 11.6 Å². The van der Waals surface area contributed by atoms with Gasteiger partial charge in [-0.1, -0.05) is 22.0 Å². The van der Waals surface area contributed by atoms with Crippen LogP contribution in [0.15, 0.2) is 34.1 Å². The van der Waals surface area contributed by atoms with Crippen LogP contribution in [0, 0.1) is 11.6 Å². The Morgan fingerprint density at radius 3 is 2.41 bits per heavy atom. The van der Waals surface area contributed by atoms with Crippen LogP contribution in [0.3, 0.4) is 0 Å². The van der Waals surface area contributed by atoms with E-state index in [1.165, 1.54) is 23.5 Å². The van der Waals surface area contributed by atoms with Gasteiger partial charge in [0.25, 0.3) is 0 Å². The summed E-state index contributed by atoms with van der Waals surface area (Å²) < 4.78 is 27.9. The van der Waals surface area contributed by atoms with Crippen molar-refractivity contribution in [1.29, 1.82) is 0 Å². The van der Waals surface area contributed by atoms with Crippen molar-refractivity contribution in [2.24, 2.45) is 5.84 Å². The second-order valence-corrected chi connectivity index (χ2v) is 5.29. The minimum Gasteiger partial charge on any atom is -0.271 e. The number of nitrogens with two attached hydrogens (primary N) is 1. The summed E-state index contributed by atoms with van der Waals surface area (Å²) >= 11 is 4.42. The Kier molecular flexibility index (Phi) is 3.88. The second kappa shape index (κ2) is 5.22. The Morgan fingerprint density at radius 1 is 1.29 bits per heavy atom. The van der Waals surface area contributed by atoms with Gasteiger partial charge in [-0.2, -0.15) is 0 Å². The number of hydrazine groups is 1. The molecule has 0 saturated heterocycles. The predicted octanol–water partition coefficient (Wildman–Crippen LogP) is 3.34. The Balaban J connectivity index is 2.52. The maximum absolute atomic E-state index is 13.8. The third-order valence-electron chi connectivity index (χ3n) is 2.33. The molecule has 0 fully saturated rings. The number of rotatable bonds is 3. The van der Waals surface area contributed by atoms with Crippen molar-refractivity contribution in [1.82, 2.24) is 5.43 Å². The van der Waals surface area contributed by atoms with Crippen molar-refractivity contribution in [2.75, 3.05) is 0 Å². The molecule has 0 aliphatic heterocycles. The lowest BCUT2D eigenvalue weighted by Gasteiger charge is -2.16. The molecule has 0 aliphatic carbocycles. The van der Waals surface area contributed by atoms with E-state index in [1.54, 1.807) is 12.1 Å². The molecule has 1 heterocycles. The third-order valence-corrected chi connectivity index (χ3v) is 3.72. The van der Waals surface area contributed by atoms with Crippen molar-refractivity contribution < 1.29 is 8.78 Å². The highest BCUT2D eigenvalue weighted by Gasteiger charge is 2.22. The smallest absolute Gasteiger partial charge is 0.132 e. The lowest BCUT2D eigenvalue weighted by Crippen LogP contribution is -2.29. The van der Waals surface area contributed by atoms with Crippen LogP contribution in [0.4, 0.5) is 8.78 Å². The normalized spacial score (nSPS) is 12.7. The quantitative estimate of drug-likeness (QED) is 0.673. The lowest BCUT2D eigenvalue weighted by molar-refractivity contribution is 0.512. The van der Waals surface area contributed by atoms with E-state index in [9.17, 15) is 8.78 Å². The lowest BCUT2D eigenvalue weighted by atomic mass is 10.0. The van der Waals surface area contributed by atoms with Crippen molar-refractivity contribution in [3.05, 3.63) is 56.2 Å². The first kappa shape index (κ1) is 12.6. The fourth-order valence-corrected chi connectivity index (χ4v) is 2.79. The van der Waals surface area contributed by atoms with Gasteiger partial charge in [-0.15, -0.1) is 11.3 Å². The molecule has 90 valence electrons. The van der Waals surface area contributed by atoms with Crippen LogP contribution in [-0.4, -0.2) is 0 Å². The highest BCUT2D eigenvalue weighted by Crippen LogP contribution is 2.30. The highest BCUT2D eigenvalue weighted by atomic mass is 79.9. The monoisotopic (exact) mass is 318 g/mol. The standard InChI is InChI=1S/C11H9BrF2N2S/c12-6-4-7(13)10(8(14)5-6)11(16-15)9-2-1-3-17-9/h1-5,11,16H,15H2. The second-order valence-electron chi connectivity index (χ2n) is 3.40. The summed E-state index contributed by atoms with van der Waals surface area (Å²) in [7, 11) is 0. The fraction of sp³-hybridized carbons (Fsp3) is 0.0909. The molecule has 17 heavy (non-hydrogen) atoms. The van der Waals surface area contributed by atoms with Gasteiger partial charge in [-0.25, -0.2) is 14.2 Å². The molecule has 3 N–H and O–H groups in total. The number of thiophene rings is 1. The molecule has 1 atom stereocenters. The molecule has 0 saturated carbocycles. The Hall–Kier alpha value is -0.820. The van der Waals surface area contributed by atoms with E-state index in [4.69, 9.17) is 5.84 Å². The maximum Gasteiger partial charge on any atom is 0.132 e. The molecule has 2 rings (SSSR count). The SMILES string of the molecule is NNC(c1cccs1)c1c(F)cc(Br)cc1F. The summed E-state index contributed by atoms with van der Waals surface area (Å²) in [6.07, 6.45) is 0. The number of nitrogens with one attached hydrogen (secondary N) is 1. The summed E-state index contributed by atoms with van der Waals surface area (Å²) in [5.74, 6) is 4.12. The first-order valence-electron chi connectivity index (χ1n) is 4.77. The molecule has 2 nitrogen and oxygen atoms in total. The van der Waals surface area contributed by atoms with Crippen LogP contribution in [0.5, 0.6) is 0 Å². The van der Waals surface area contributed by atoms with Gasteiger partial charge in [-0.05, 0) is 23.6 Å². The summed E-state index contributed by atoms with van der Waals surface area (Å²) in [5, 5.41) is 1.83. The molecule has 0 aliphatic rings. The molecule has 0 radical (unpaired) electrons. The van der Waals surface area contributed by atoms with Gasteiger partial charge < -0.3 is 0 Å². The fourth-order valence-electron chi connectivity index (χ4n) is 1.59. The molecule has 2 aromatic rings. The van der Waals surface area contributed by atoms with Crippen LogP contribution < -0.4 is 11.3 Å². The number of hydrogen-bond donors (Lipinski definition) is 2. The average molecular weight is 319 g/mol. The minimum atomic E-state index is -0.678. The van der Waals surface area contributed by atoms with E-state index < -0.39 is 17.7 Å². The summed E-state index contributed by atoms with van der Waals surface area (Å²) in [6, 6.07) is 5.34. The zero-order valence-electron chi connectivity index (χ0n) is 8.58. The van der Waals surface area contributed by atoms with Gasteiger partial charge in [0.15, 0.2) is 0 Å². The van der Waals surface area contributed by atoms with Gasteiger partial charge >= 0.3 is 0 Å². The van der Waals surface area contributed by atoms with Crippen molar-refractivity contribution in [3.8, 4) is 0 Å². The summed E-state index contributed by atoms with van der Waals surface area (Å²) in [5.41, 5.74) is 2.37. The van der Waals surface area contributed by atoms with Crippen LogP contribution in [0.1, 0.15) is 16.5 Å². The number of hydrogen-bond acceptors (Lipinski definition) is 3. The highest BCUT2D eigenvalue weighted by molar-refractivity contribution is 9.10. The van der Waals surface area contributed by atoms with Gasteiger partial charge in [0, 0.05) is 14.9 Å². The molecule has 6 heteroatoms. The molecule has 0 spiro atoms. The van der Waals surface area contributed by atoms with Crippen LogP contribution in [0.25, 0.3) is 0 Å². The van der Waals surface area contributed by atoms with E-state index in [0.717, 1.165) is 4.88 Å². The van der Waals surface area contributed by atoms with Crippen molar-refractivity contribution >= 4 is 27.3 Å². The molecule has 1 aromatic heterocycles. The Morgan fingerprint density at radius 2 is 1.94 bits per heavy atom. The van der Waals surface area contributed by atoms with E-state index >= 15 is 0 Å². The molecular weight excluding hydrogens is 310 g/mol. The molecule has 1 aromatic carbocycles. The minimum absolute atomic E-state index is 0.0712. The zero-order chi connectivity index (χ0) is 12.4. The van der Waals surface area contributed by atoms with Crippen LogP contribution >= 0.6 is 27.3 Å². The van der Waals surface area contributed by atoms with E-state index in [0.29, 0.717) is 4.47 Å². The number of halogens is 3. The zero-order valence-corrected chi connectivity index (χ0v) is 11.0. The number of benzene rings is 1. The van der Waals surface area contributed by atoms with E-state index in [-0.39, 0.29) is 5.56 Å². The van der Waals surface area contributed by atoms with Crippen LogP contribution in [-0.2, 0) is 0 Å². The Labute approximate surface area is 110 Å². The molecule has 0 bridgehead atoms.